The average molecular weight is 824 g/mol. The number of imidazole rings is 2. The fourth-order valence-corrected chi connectivity index (χ4v) is 7.02. The SMILES string of the molecule is CCn1cc[n+](CC(O)O)c1C[N+]1(CCCCOCCOCCC(=O)NCCCCC(NC(=O)NC(CCC(=O)O)C(C)=O)C(C)=O)Cc2n(CC(=O)O)cc[n+]2C1. The number of carbonyl (C=O) groups is 6. The Labute approximate surface area is 338 Å². The van der Waals surface area contributed by atoms with E-state index in [9.17, 15) is 44.1 Å². The zero-order valence-electron chi connectivity index (χ0n) is 34.0. The van der Waals surface area contributed by atoms with Crippen LogP contribution in [0.2, 0.25) is 0 Å². The van der Waals surface area contributed by atoms with Gasteiger partial charge >= 0.3 is 29.6 Å². The van der Waals surface area contributed by atoms with Crippen molar-refractivity contribution >= 4 is 35.4 Å². The summed E-state index contributed by atoms with van der Waals surface area (Å²) in [5.41, 5.74) is 0. The third-order valence-corrected chi connectivity index (χ3v) is 10.1. The van der Waals surface area contributed by atoms with E-state index < -0.39 is 36.3 Å². The Bertz CT molecular complexity index is 1680. The van der Waals surface area contributed by atoms with Crippen LogP contribution in [0.4, 0.5) is 4.79 Å². The van der Waals surface area contributed by atoms with Gasteiger partial charge in [0.2, 0.25) is 12.6 Å². The molecular weight excluding hydrogens is 760 g/mol. The predicted molar refractivity (Wildman–Crippen MR) is 203 cm³/mol. The number of nitrogens with one attached hydrogen (secondary N) is 3. The van der Waals surface area contributed by atoms with Crippen molar-refractivity contribution < 1.29 is 72.3 Å². The highest BCUT2D eigenvalue weighted by atomic mass is 16.5. The molecule has 1 aliphatic rings. The normalized spacial score (nSPS) is 15.8. The van der Waals surface area contributed by atoms with Gasteiger partial charge in [-0.3, -0.25) is 23.7 Å². The number of carboxylic acids is 2. The van der Waals surface area contributed by atoms with Crippen molar-refractivity contribution in [3.63, 3.8) is 0 Å². The third kappa shape index (κ3) is 16.2. The molecule has 20 heteroatoms. The number of hydrogen-bond donors (Lipinski definition) is 7. The number of rotatable bonds is 30. The van der Waals surface area contributed by atoms with E-state index in [-0.39, 0.29) is 56.4 Å². The number of urea groups is 1. The molecule has 1 aliphatic heterocycles. The summed E-state index contributed by atoms with van der Waals surface area (Å²) in [6, 6.07) is -2.49. The number of aromatic nitrogens is 4. The van der Waals surface area contributed by atoms with Crippen LogP contribution < -0.4 is 25.1 Å². The number of carboxylic acid groups (broad SMARTS) is 2. The monoisotopic (exact) mass is 823 g/mol. The fourth-order valence-electron chi connectivity index (χ4n) is 7.02. The van der Waals surface area contributed by atoms with Crippen molar-refractivity contribution in [1.82, 2.24) is 25.1 Å². The van der Waals surface area contributed by atoms with Crippen LogP contribution in [0.5, 0.6) is 0 Å². The molecule has 324 valence electrons. The molecule has 3 rings (SSSR count). The topological polar surface area (TPSA) is 256 Å². The number of ether oxygens (including phenoxy) is 2. The summed E-state index contributed by atoms with van der Waals surface area (Å²) in [5, 5.41) is 45.5. The minimum atomic E-state index is -1.49. The minimum absolute atomic E-state index is 0.0496. The van der Waals surface area contributed by atoms with Gasteiger partial charge in [-0.05, 0) is 59.3 Å². The largest absolute Gasteiger partial charge is 0.481 e. The van der Waals surface area contributed by atoms with Crippen molar-refractivity contribution in [3.05, 3.63) is 36.4 Å². The predicted octanol–water partition coefficient (Wildman–Crippen LogP) is -0.663. The second-order valence-corrected chi connectivity index (χ2v) is 14.8. The Morgan fingerprint density at radius 3 is 2.14 bits per heavy atom. The van der Waals surface area contributed by atoms with E-state index in [4.69, 9.17) is 14.6 Å². The Morgan fingerprint density at radius 2 is 1.50 bits per heavy atom. The van der Waals surface area contributed by atoms with Crippen molar-refractivity contribution in [2.45, 2.75) is 130 Å². The molecule has 0 aliphatic carbocycles. The molecule has 7 N–H and O–H groups in total. The minimum Gasteiger partial charge on any atom is -0.481 e. The molecule has 3 atom stereocenters. The van der Waals surface area contributed by atoms with E-state index in [1.54, 1.807) is 10.8 Å². The maximum absolute atomic E-state index is 12.3. The summed E-state index contributed by atoms with van der Waals surface area (Å²) in [6.07, 6.45) is 8.91. The molecule has 3 heterocycles. The second-order valence-electron chi connectivity index (χ2n) is 14.8. The van der Waals surface area contributed by atoms with Gasteiger partial charge in [0.05, 0.1) is 45.0 Å². The summed E-state index contributed by atoms with van der Waals surface area (Å²) in [5.74, 6) is -0.935. The van der Waals surface area contributed by atoms with Gasteiger partial charge < -0.3 is 45.9 Å². The van der Waals surface area contributed by atoms with Gasteiger partial charge in [-0.1, -0.05) is 0 Å². The lowest BCUT2D eigenvalue weighted by Gasteiger charge is -2.30. The van der Waals surface area contributed by atoms with Crippen LogP contribution in [0.3, 0.4) is 0 Å². The number of aliphatic hydroxyl groups excluding tert-OH is 1. The van der Waals surface area contributed by atoms with Gasteiger partial charge in [0, 0.05) is 26.0 Å². The van der Waals surface area contributed by atoms with Gasteiger partial charge in [0.1, 0.15) is 31.3 Å². The number of carbonyl (C=O) groups excluding carboxylic acids is 4. The molecule has 0 bridgehead atoms. The van der Waals surface area contributed by atoms with Gasteiger partial charge in [-0.2, -0.15) is 4.57 Å². The van der Waals surface area contributed by atoms with Crippen LogP contribution in [0.25, 0.3) is 0 Å². The van der Waals surface area contributed by atoms with Crippen molar-refractivity contribution in [1.29, 1.82) is 0 Å². The summed E-state index contributed by atoms with van der Waals surface area (Å²) >= 11 is 0. The Morgan fingerprint density at radius 1 is 0.828 bits per heavy atom. The Balaban J connectivity index is 1.31. The van der Waals surface area contributed by atoms with Gasteiger partial charge in [-0.25, -0.2) is 23.3 Å². The smallest absolute Gasteiger partial charge is 0.346 e. The van der Waals surface area contributed by atoms with E-state index in [1.807, 2.05) is 30.1 Å². The summed E-state index contributed by atoms with van der Waals surface area (Å²) < 4.78 is 19.8. The summed E-state index contributed by atoms with van der Waals surface area (Å²) in [4.78, 5) is 70.7. The third-order valence-electron chi connectivity index (χ3n) is 10.1. The van der Waals surface area contributed by atoms with E-state index in [0.717, 1.165) is 37.6 Å². The molecule has 0 fully saturated rings. The highest BCUT2D eigenvalue weighted by molar-refractivity contribution is 5.90. The first kappa shape index (κ1) is 47.6. The quantitative estimate of drug-likeness (QED) is 0.0224. The van der Waals surface area contributed by atoms with Crippen LogP contribution >= 0.6 is 0 Å². The van der Waals surface area contributed by atoms with E-state index >= 15 is 0 Å². The number of ketones is 2. The fraction of sp³-hybridized carbons (Fsp3) is 0.684. The molecule has 3 amide bonds. The Kier molecular flexibility index (Phi) is 19.9. The van der Waals surface area contributed by atoms with E-state index in [1.165, 1.54) is 13.8 Å². The highest BCUT2D eigenvalue weighted by Gasteiger charge is 2.46. The van der Waals surface area contributed by atoms with Crippen molar-refractivity contribution in [3.8, 4) is 0 Å². The highest BCUT2D eigenvalue weighted by Crippen LogP contribution is 2.24. The standard InChI is InChI=1S/C38H60N8O12/c1-4-42-14-15-43(23-36(52)53)33(42)25-46(26-34-44(24-37(54)55)16-17-45(34)27-46)18-7-8-19-57-21-22-58-20-12-32(49)39-13-6-5-9-30(28(2)47)40-38(56)41-31(29(3)48)10-11-35(50)51/h14-17,30-31,36,52-53H,4-13,18-27H2,1-3H3,(H2-3,39,40,41,49,50,51,54,55,56)/p+3. The number of Topliss-reactive ketones (excluding diaryl/α,β-unsaturated/α-hetero) is 2. The number of aliphatic hydroxyl groups is 2. The molecule has 0 spiro atoms. The number of hydrogen-bond acceptors (Lipinski definition) is 10. The van der Waals surface area contributed by atoms with Crippen LogP contribution in [-0.2, 0) is 72.8 Å². The summed E-state index contributed by atoms with van der Waals surface area (Å²) in [6.45, 7) is 9.80. The average Bonchev–Trinajstić information content (AvgIpc) is 3.82. The van der Waals surface area contributed by atoms with Gasteiger partial charge in [0.15, 0.2) is 37.5 Å². The molecular formula is C38H63N8O12+3. The maximum atomic E-state index is 12.3. The van der Waals surface area contributed by atoms with E-state index in [0.29, 0.717) is 69.9 Å². The van der Waals surface area contributed by atoms with Gasteiger partial charge in [-0.15, -0.1) is 0 Å². The first-order chi connectivity index (χ1) is 27.6. The molecule has 0 radical (unpaired) electrons. The molecule has 0 saturated heterocycles. The lowest BCUT2D eigenvalue weighted by molar-refractivity contribution is -1.04. The molecule has 20 nitrogen and oxygen atoms in total. The Hall–Kier alpha value is -4.76. The van der Waals surface area contributed by atoms with Crippen LogP contribution in [-0.4, -0.2) is 127 Å². The molecule has 2 aromatic heterocycles. The van der Waals surface area contributed by atoms with Crippen LogP contribution in [0.1, 0.15) is 83.8 Å². The first-order valence-electron chi connectivity index (χ1n) is 19.9. The molecule has 0 saturated carbocycles. The number of quaternary nitrogens is 1. The number of unbranched alkanes of at least 4 members (excludes halogenated alkanes) is 2. The molecule has 2 aromatic rings. The number of fused-ring (bicyclic) bond motifs is 1. The zero-order chi connectivity index (χ0) is 42.7. The maximum Gasteiger partial charge on any atom is 0.346 e. The first-order valence-corrected chi connectivity index (χ1v) is 19.9. The van der Waals surface area contributed by atoms with Crippen LogP contribution in [0.15, 0.2) is 24.8 Å². The lowest BCUT2D eigenvalue weighted by atomic mass is 10.1. The number of aliphatic carboxylic acids is 2. The summed E-state index contributed by atoms with van der Waals surface area (Å²) in [7, 11) is 0. The number of aryl methyl sites for hydroxylation is 1. The molecule has 0 aromatic carbocycles. The zero-order valence-corrected chi connectivity index (χ0v) is 34.0. The lowest BCUT2D eigenvalue weighted by Crippen LogP contribution is -2.53. The van der Waals surface area contributed by atoms with Gasteiger partial charge in [0.25, 0.3) is 0 Å². The number of nitrogens with zero attached hydrogens (tertiary/aromatic N) is 5. The van der Waals surface area contributed by atoms with Crippen molar-refractivity contribution in [2.24, 2.45) is 0 Å². The molecule has 3 unspecified atom stereocenters. The van der Waals surface area contributed by atoms with E-state index in [2.05, 4.69) is 25.1 Å². The second kappa shape index (κ2) is 24.2. The van der Waals surface area contributed by atoms with Crippen LogP contribution in [0, 0.1) is 0 Å². The molecule has 58 heavy (non-hydrogen) atoms. The van der Waals surface area contributed by atoms with Crippen molar-refractivity contribution in [2.75, 3.05) is 39.5 Å². The number of amides is 3.